The molecule has 4 aliphatic heterocycles. The van der Waals surface area contributed by atoms with Crippen molar-refractivity contribution < 1.29 is 81.1 Å². The zero-order valence-corrected chi connectivity index (χ0v) is 33.8. The summed E-state index contributed by atoms with van der Waals surface area (Å²) in [5.41, 5.74) is 2.40. The van der Waals surface area contributed by atoms with E-state index in [0.29, 0.717) is 48.5 Å². The van der Waals surface area contributed by atoms with Crippen molar-refractivity contribution in [1.82, 2.24) is 0 Å². The van der Waals surface area contributed by atoms with Crippen LogP contribution in [0.4, 0.5) is 0 Å². The van der Waals surface area contributed by atoms with Gasteiger partial charge in [0.25, 0.3) is 0 Å². The van der Waals surface area contributed by atoms with E-state index < -0.39 is 11.8 Å². The second-order valence-corrected chi connectivity index (χ2v) is 16.1. The van der Waals surface area contributed by atoms with Crippen molar-refractivity contribution in [2.45, 2.75) is 128 Å². The van der Waals surface area contributed by atoms with Gasteiger partial charge in [-0.2, -0.15) is 0 Å². The smallest absolute Gasteiger partial charge is 0.310 e. The summed E-state index contributed by atoms with van der Waals surface area (Å²) in [6.07, 6.45) is 8.93. The fraction of sp³-hybridized carbons (Fsp3) is 0.600. The number of rotatable bonds is 10. The van der Waals surface area contributed by atoms with Gasteiger partial charge in [-0.15, -0.1) is 0 Å². The van der Waals surface area contributed by atoms with E-state index in [0.717, 1.165) is 73.4 Å². The number of benzene rings is 2. The number of carbonyl (C=O) groups is 4. The number of halogens is 2. The number of fused-ring (bicyclic) bond motifs is 4. The maximum Gasteiger partial charge on any atom is 0.310 e. The topological polar surface area (TPSA) is 105 Å². The Morgan fingerprint density at radius 2 is 0.846 bits per heavy atom. The highest BCUT2D eigenvalue weighted by Gasteiger charge is 2.55. The Hall–Kier alpha value is -2.80. The van der Waals surface area contributed by atoms with Crippen molar-refractivity contribution >= 4 is 23.9 Å². The van der Waals surface area contributed by atoms with Crippen molar-refractivity contribution in [2.75, 3.05) is 14.1 Å². The van der Waals surface area contributed by atoms with Gasteiger partial charge in [0.2, 0.25) is 0 Å². The van der Waals surface area contributed by atoms with E-state index in [-0.39, 0.29) is 70.0 Å². The van der Waals surface area contributed by atoms with Crippen LogP contribution < -0.4 is 43.4 Å². The molecule has 2 aromatic rings. The molecular formula is C40H52Br2N2O8. The zero-order chi connectivity index (χ0) is 35.2. The number of hydrogen-bond donors (Lipinski definition) is 0. The molecule has 5 fully saturated rings. The summed E-state index contributed by atoms with van der Waals surface area (Å²) < 4.78 is 24.6. The van der Waals surface area contributed by atoms with Gasteiger partial charge in [0.05, 0.1) is 50.1 Å². The van der Waals surface area contributed by atoms with Crippen LogP contribution in [0.2, 0.25) is 0 Å². The predicted octanol–water partition coefficient (Wildman–Crippen LogP) is -0.362. The Labute approximate surface area is 328 Å². The van der Waals surface area contributed by atoms with Gasteiger partial charge in [-0.05, 0) is 61.4 Å². The third kappa shape index (κ3) is 8.30. The average molecular weight is 849 g/mol. The molecule has 0 aromatic heterocycles. The van der Waals surface area contributed by atoms with Crippen LogP contribution in [0.5, 0.6) is 11.5 Å². The zero-order valence-electron chi connectivity index (χ0n) is 30.6. The summed E-state index contributed by atoms with van der Waals surface area (Å²) in [5, 5.41) is 0. The average Bonchev–Trinajstić information content (AvgIpc) is 3.26. The third-order valence-corrected chi connectivity index (χ3v) is 13.0. The monoisotopic (exact) mass is 846 g/mol. The summed E-state index contributed by atoms with van der Waals surface area (Å²) in [6, 6.07) is 17.2. The second-order valence-electron chi connectivity index (χ2n) is 16.1. The molecule has 2 aromatic carbocycles. The van der Waals surface area contributed by atoms with Crippen molar-refractivity contribution in [3.63, 3.8) is 0 Å². The summed E-state index contributed by atoms with van der Waals surface area (Å²) in [4.78, 5) is 49.5. The van der Waals surface area contributed by atoms with Crippen molar-refractivity contribution in [1.29, 1.82) is 0 Å². The van der Waals surface area contributed by atoms with Crippen LogP contribution in [-0.2, 0) is 41.7 Å². The van der Waals surface area contributed by atoms with E-state index in [9.17, 15) is 19.2 Å². The van der Waals surface area contributed by atoms with E-state index in [1.807, 2.05) is 48.5 Å². The standard InChI is InChI=1S/C40H52N2O8.2BrH/c1-25(43)47-33-13-5-27(6-14-33)23-41(3)29-9-10-30(41)20-35(19-29)49-39(45)37-17-18-38(37)40(46)50-36-21-31-11-12-32(22-36)42(31,4)24-28-7-15-34(16-8-28)48-26(2)44;;/h5-8,13-16,29-32,35-38H,9-12,17-24H2,1-4H3;2*1H/q+2;;/p-2. The molecule has 12 heteroatoms. The molecule has 5 aliphatic rings. The number of esters is 4. The minimum atomic E-state index is -0.407. The maximum absolute atomic E-state index is 13.4. The maximum atomic E-state index is 13.4. The van der Waals surface area contributed by atoms with Crippen molar-refractivity contribution in [2.24, 2.45) is 11.8 Å². The molecule has 284 valence electrons. The minimum Gasteiger partial charge on any atom is -1.00 e. The van der Waals surface area contributed by atoms with Crippen LogP contribution in [0.1, 0.15) is 89.2 Å². The molecular weight excluding hydrogens is 796 g/mol. The number of piperidine rings is 2. The molecule has 7 rings (SSSR count). The SMILES string of the molecule is CC(=O)Oc1ccc(C[N+]2(C)C3CCC2CC(OC(=O)C2CCC2C(=O)OC2CC4CCC(C2)[N+]4(C)Cc2ccc(OC(C)=O)cc2)C3)cc1.[Br-].[Br-]. The molecule has 4 saturated heterocycles. The van der Waals surface area contributed by atoms with Crippen LogP contribution in [0, 0.1) is 11.8 Å². The molecule has 0 N–H and O–H groups in total. The Balaban J connectivity index is 0.00000261. The van der Waals surface area contributed by atoms with Gasteiger partial charge in [0.15, 0.2) is 0 Å². The van der Waals surface area contributed by atoms with Crippen LogP contribution >= 0.6 is 0 Å². The predicted molar refractivity (Wildman–Crippen MR) is 183 cm³/mol. The Bertz CT molecular complexity index is 1470. The van der Waals surface area contributed by atoms with Gasteiger partial charge in [-0.3, -0.25) is 19.2 Å². The molecule has 52 heavy (non-hydrogen) atoms. The first-order valence-corrected chi connectivity index (χ1v) is 18.5. The largest absolute Gasteiger partial charge is 1.00 e. The van der Waals surface area contributed by atoms with E-state index >= 15 is 0 Å². The first kappa shape index (κ1) is 40.4. The highest BCUT2D eigenvalue weighted by Crippen LogP contribution is 2.46. The fourth-order valence-electron chi connectivity index (χ4n) is 10.1. The molecule has 0 amide bonds. The number of carbonyl (C=O) groups excluding carboxylic acids is 4. The van der Waals surface area contributed by atoms with Crippen LogP contribution in [0.25, 0.3) is 0 Å². The van der Waals surface area contributed by atoms with E-state index in [1.165, 1.54) is 25.0 Å². The lowest BCUT2D eigenvalue weighted by Gasteiger charge is -2.47. The normalized spacial score (nSPS) is 34.1. The molecule has 0 radical (unpaired) electrons. The number of nitrogens with zero attached hydrogens (tertiary/aromatic N) is 2. The number of ether oxygens (including phenoxy) is 4. The summed E-state index contributed by atoms with van der Waals surface area (Å²) >= 11 is 0. The van der Waals surface area contributed by atoms with Crippen LogP contribution in [0.15, 0.2) is 48.5 Å². The molecule has 10 nitrogen and oxygen atoms in total. The minimum absolute atomic E-state index is 0. The van der Waals surface area contributed by atoms with Gasteiger partial charge >= 0.3 is 23.9 Å². The van der Waals surface area contributed by atoms with Crippen molar-refractivity contribution in [3.05, 3.63) is 59.7 Å². The fourth-order valence-corrected chi connectivity index (χ4v) is 10.1. The molecule has 1 aliphatic carbocycles. The van der Waals surface area contributed by atoms with Gasteiger partial charge in [0, 0.05) is 76.3 Å². The van der Waals surface area contributed by atoms with Gasteiger partial charge in [-0.1, -0.05) is 0 Å². The quantitative estimate of drug-likeness (QED) is 0.182. The lowest BCUT2D eigenvalue weighted by molar-refractivity contribution is -0.961. The van der Waals surface area contributed by atoms with Gasteiger partial charge in [-0.25, -0.2) is 0 Å². The highest BCUT2D eigenvalue weighted by molar-refractivity contribution is 5.84. The lowest BCUT2D eigenvalue weighted by atomic mass is 9.73. The Kier molecular flexibility index (Phi) is 12.6. The molecule has 4 heterocycles. The molecule has 6 unspecified atom stereocenters. The molecule has 4 bridgehead atoms. The van der Waals surface area contributed by atoms with Crippen LogP contribution in [0.3, 0.4) is 0 Å². The third-order valence-electron chi connectivity index (χ3n) is 13.0. The van der Waals surface area contributed by atoms with E-state index in [2.05, 4.69) is 14.1 Å². The van der Waals surface area contributed by atoms with E-state index in [4.69, 9.17) is 18.9 Å². The Morgan fingerprint density at radius 1 is 0.538 bits per heavy atom. The lowest BCUT2D eigenvalue weighted by Crippen LogP contribution is -3.00. The number of hydrogen-bond acceptors (Lipinski definition) is 8. The number of quaternary nitrogens is 2. The highest BCUT2D eigenvalue weighted by atomic mass is 79.9. The molecule has 6 atom stereocenters. The molecule has 0 spiro atoms. The van der Waals surface area contributed by atoms with Gasteiger partial charge in [0.1, 0.15) is 36.8 Å². The first-order valence-electron chi connectivity index (χ1n) is 18.5. The summed E-state index contributed by atoms with van der Waals surface area (Å²) in [5.74, 6) is -0.808. The van der Waals surface area contributed by atoms with Gasteiger partial charge < -0.3 is 61.9 Å². The summed E-state index contributed by atoms with van der Waals surface area (Å²) in [7, 11) is 4.64. The summed E-state index contributed by atoms with van der Waals surface area (Å²) in [6.45, 7) is 4.58. The van der Waals surface area contributed by atoms with Crippen LogP contribution in [-0.4, -0.2) is 83.3 Å². The van der Waals surface area contributed by atoms with Crippen molar-refractivity contribution in [3.8, 4) is 11.5 Å². The second kappa shape index (κ2) is 16.3. The molecule has 1 saturated carbocycles. The van der Waals surface area contributed by atoms with E-state index in [1.54, 1.807) is 0 Å². The Morgan fingerprint density at radius 3 is 1.12 bits per heavy atom. The first-order chi connectivity index (χ1) is 23.9.